The van der Waals surface area contributed by atoms with Gasteiger partial charge in [0.2, 0.25) is 0 Å². The molecule has 13 heteroatoms. The first-order valence-electron chi connectivity index (χ1n) is 23.8. The number of carbonyl (C=O) groups excluding carboxylic acids is 1. The first-order valence-corrected chi connectivity index (χ1v) is 23.8. The van der Waals surface area contributed by atoms with Crippen LogP contribution in [0.4, 0.5) is 0 Å². The van der Waals surface area contributed by atoms with E-state index in [4.69, 9.17) is 24.2 Å². The van der Waals surface area contributed by atoms with Crippen LogP contribution in [0.5, 0.6) is 0 Å². The summed E-state index contributed by atoms with van der Waals surface area (Å²) in [5.74, 6) is 0.893. The number of aliphatic hydroxyl groups is 1. The van der Waals surface area contributed by atoms with Crippen LogP contribution >= 0.6 is 0 Å². The summed E-state index contributed by atoms with van der Waals surface area (Å²) in [6.07, 6.45) is 3.73. The maximum Gasteiger partial charge on any atom is 1.00 e. The third-order valence-corrected chi connectivity index (χ3v) is 11.7. The van der Waals surface area contributed by atoms with Gasteiger partial charge in [-0.25, -0.2) is 9.97 Å². The molecule has 4 aromatic heterocycles. The van der Waals surface area contributed by atoms with Gasteiger partial charge < -0.3 is 40.5 Å². The van der Waals surface area contributed by atoms with Crippen molar-refractivity contribution in [1.82, 2.24) is 29.7 Å². The Morgan fingerprint density at radius 2 is 1.07 bits per heavy atom. The molecule has 0 saturated carbocycles. The number of aliphatic hydroxyl groups excluding tert-OH is 1. The number of esters is 1. The van der Waals surface area contributed by atoms with Gasteiger partial charge in [-0.05, 0) is 133 Å². The molecule has 0 unspecified atom stereocenters. The molecular weight excluding hydrogens is 883 g/mol. The predicted molar refractivity (Wildman–Crippen MR) is 285 cm³/mol. The number of aromatic nitrogens is 4. The van der Waals surface area contributed by atoms with Gasteiger partial charge in [0, 0.05) is 79.3 Å². The van der Waals surface area contributed by atoms with Gasteiger partial charge >= 0.3 is 24.8 Å². The molecule has 6 rings (SSSR count). The van der Waals surface area contributed by atoms with E-state index in [0.29, 0.717) is 45.7 Å². The van der Waals surface area contributed by atoms with Crippen LogP contribution in [0.1, 0.15) is 71.7 Å². The SMILES string of the molecule is C=CCO[C@@H](CNCc1ccccc1)[C@@H](CO)Cc1cc(C)cc(-n2c(C)ccc2C)n1.C=CCO[C@@H](CNCc1ccccc1)[C@H](Cc1cc(C)cc(-n2c(C)ccc2C)n1)C(=O)OC(C)C.[AlH3].[H-].[Li+]. The van der Waals surface area contributed by atoms with Gasteiger partial charge in [-0.2, -0.15) is 0 Å². The molecule has 6 aromatic rings. The fraction of sp³-hybridized carbons (Fsp3) is 0.386. The molecule has 2 aromatic carbocycles. The van der Waals surface area contributed by atoms with E-state index in [2.05, 4.69) is 141 Å². The number of carbonyl (C=O) groups is 1. The van der Waals surface area contributed by atoms with E-state index in [1.54, 1.807) is 12.2 Å². The first kappa shape index (κ1) is 59.5. The van der Waals surface area contributed by atoms with E-state index in [0.717, 1.165) is 63.5 Å². The van der Waals surface area contributed by atoms with Crippen molar-refractivity contribution in [2.45, 2.75) is 99.6 Å². The van der Waals surface area contributed by atoms with Crippen molar-refractivity contribution < 1.29 is 44.4 Å². The van der Waals surface area contributed by atoms with E-state index >= 15 is 0 Å². The quantitative estimate of drug-likeness (QED) is 0.0388. The molecule has 0 aliphatic rings. The van der Waals surface area contributed by atoms with Crippen LogP contribution in [0.3, 0.4) is 0 Å². The summed E-state index contributed by atoms with van der Waals surface area (Å²) in [4.78, 5) is 23.2. The van der Waals surface area contributed by atoms with Gasteiger partial charge in [-0.1, -0.05) is 72.8 Å². The second-order valence-corrected chi connectivity index (χ2v) is 17.9. The Morgan fingerprint density at radius 1 is 0.657 bits per heavy atom. The molecule has 0 spiro atoms. The Hall–Kier alpha value is -4.82. The molecule has 3 N–H and O–H groups in total. The predicted octanol–water partition coefficient (Wildman–Crippen LogP) is 5.51. The summed E-state index contributed by atoms with van der Waals surface area (Å²) >= 11 is 0. The van der Waals surface area contributed by atoms with Crippen molar-refractivity contribution in [1.29, 1.82) is 0 Å². The van der Waals surface area contributed by atoms with Crippen LogP contribution in [0, 0.1) is 53.4 Å². The summed E-state index contributed by atoms with van der Waals surface area (Å²) < 4.78 is 22.1. The maximum atomic E-state index is 13.3. The molecule has 4 heterocycles. The summed E-state index contributed by atoms with van der Waals surface area (Å²) in [5, 5.41) is 17.1. The molecule has 0 saturated heterocycles. The molecule has 0 bridgehead atoms. The number of hydrogen-bond acceptors (Lipinski definition) is 9. The van der Waals surface area contributed by atoms with Crippen molar-refractivity contribution in [3.63, 3.8) is 0 Å². The third kappa shape index (κ3) is 18.4. The number of rotatable bonds is 25. The Labute approximate surface area is 442 Å². The molecule has 0 fully saturated rings. The fourth-order valence-corrected chi connectivity index (χ4v) is 8.40. The van der Waals surface area contributed by atoms with Gasteiger partial charge in [-0.15, -0.1) is 13.2 Å². The van der Waals surface area contributed by atoms with E-state index in [-0.39, 0.29) is 68.4 Å². The Bertz CT molecular complexity index is 2460. The van der Waals surface area contributed by atoms with Gasteiger partial charge in [0.25, 0.3) is 0 Å². The Kier molecular flexibility index (Phi) is 26.2. The van der Waals surface area contributed by atoms with Gasteiger partial charge in [0.15, 0.2) is 17.4 Å². The second-order valence-electron chi connectivity index (χ2n) is 17.9. The van der Waals surface area contributed by atoms with Gasteiger partial charge in [-0.3, -0.25) is 4.79 Å². The van der Waals surface area contributed by atoms with E-state index in [1.165, 1.54) is 11.1 Å². The fourth-order valence-electron chi connectivity index (χ4n) is 8.40. The molecule has 70 heavy (non-hydrogen) atoms. The van der Waals surface area contributed by atoms with Crippen LogP contribution in [-0.2, 0) is 44.9 Å². The number of ether oxygens (including phenoxy) is 3. The second kappa shape index (κ2) is 30.8. The normalized spacial score (nSPS) is 12.7. The zero-order chi connectivity index (χ0) is 49.0. The number of hydrogen-bond donors (Lipinski definition) is 3. The molecule has 11 nitrogen and oxygen atoms in total. The van der Waals surface area contributed by atoms with Gasteiger partial charge in [0.1, 0.15) is 11.6 Å². The molecule has 4 atom stereocenters. The number of pyridine rings is 2. The smallest absolute Gasteiger partial charge is 1.00 e. The number of aryl methyl sites for hydroxylation is 6. The molecule has 0 aliphatic carbocycles. The average Bonchev–Trinajstić information content (AvgIpc) is 3.84. The van der Waals surface area contributed by atoms with E-state index in [9.17, 15) is 9.90 Å². The van der Waals surface area contributed by atoms with Crippen LogP contribution in [0.2, 0.25) is 0 Å². The van der Waals surface area contributed by atoms with Crippen molar-refractivity contribution in [2.24, 2.45) is 11.8 Å². The standard InChI is InChI=1S/C30H39N3O3.C27H35N3O2.Al.Li.4H/c1-7-15-35-28(20-31-19-25-11-9-8-10-12-25)27(30(34)36-21(2)3)18-26-16-22(4)17-29(32-26)33-23(5)13-14-24(33)6;1-5-13-32-26(18-28-17-23-9-7-6-8-10-23)24(19-31)16-25-14-20(2)15-27(29-25)30-21(3)11-12-22(30)4;;;;;;/h7-14,16-17,21,27-28,31H,1,15,18-20H2,2-6H3;5-12,14-15,24,26,28,31H,1,13,16-19H2,2-4H3;;;;;;/q;;;+1;;;;-1/t27-,28-;24-,26+;;;;;;/m01....../s1. The average molecular weight is 961 g/mol. The summed E-state index contributed by atoms with van der Waals surface area (Å²) in [5.41, 5.74) is 11.0. The number of nitrogens with one attached hydrogen (secondary N) is 2. The van der Waals surface area contributed by atoms with Gasteiger partial charge in [0.05, 0.1) is 37.4 Å². The maximum absolute atomic E-state index is 13.3. The molecular formula is C57H78AlLiN6O5. The Balaban J connectivity index is 0.000000470. The minimum atomic E-state index is -0.523. The monoisotopic (exact) mass is 961 g/mol. The largest absolute Gasteiger partial charge is 1.00 e. The zero-order valence-corrected chi connectivity index (χ0v) is 42.6. The van der Waals surface area contributed by atoms with Crippen molar-refractivity contribution >= 4 is 23.3 Å². The molecule has 0 aliphatic heterocycles. The number of nitrogens with zero attached hydrogens (tertiary/aromatic N) is 4. The third-order valence-electron chi connectivity index (χ3n) is 11.7. The Morgan fingerprint density at radius 3 is 1.49 bits per heavy atom. The van der Waals surface area contributed by atoms with Crippen molar-refractivity contribution in [3.05, 3.63) is 191 Å². The molecule has 0 radical (unpaired) electrons. The van der Waals surface area contributed by atoms with Crippen molar-refractivity contribution in [2.75, 3.05) is 32.9 Å². The number of benzene rings is 2. The van der Waals surface area contributed by atoms with Crippen LogP contribution < -0.4 is 29.5 Å². The first-order chi connectivity index (χ1) is 32.8. The molecule has 370 valence electrons. The van der Waals surface area contributed by atoms with Crippen LogP contribution in [0.15, 0.2) is 135 Å². The van der Waals surface area contributed by atoms with E-state index < -0.39 is 12.0 Å². The summed E-state index contributed by atoms with van der Waals surface area (Å²) in [7, 11) is 0. The summed E-state index contributed by atoms with van der Waals surface area (Å²) in [6.45, 7) is 27.1. The van der Waals surface area contributed by atoms with Crippen molar-refractivity contribution in [3.8, 4) is 11.6 Å². The minimum absolute atomic E-state index is 0. The topological polar surface area (TPSA) is 125 Å². The summed E-state index contributed by atoms with van der Waals surface area (Å²) in [6, 6.07) is 37.1. The van der Waals surface area contributed by atoms with Crippen LogP contribution in [0.25, 0.3) is 11.6 Å². The zero-order valence-electron chi connectivity index (χ0n) is 43.6. The van der Waals surface area contributed by atoms with E-state index in [1.807, 2.05) is 56.3 Å². The minimum Gasteiger partial charge on any atom is -1.00 e. The van der Waals surface area contributed by atoms with Crippen LogP contribution in [-0.4, -0.2) is 98.8 Å². The molecule has 0 amide bonds.